The van der Waals surface area contributed by atoms with Crippen LogP contribution in [0.2, 0.25) is 0 Å². The first-order chi connectivity index (χ1) is 10.0. The van der Waals surface area contributed by atoms with Crippen molar-refractivity contribution >= 4 is 21.8 Å². The minimum atomic E-state index is -3.44. The third-order valence-electron chi connectivity index (χ3n) is 4.43. The lowest BCUT2D eigenvalue weighted by Gasteiger charge is -2.18. The van der Waals surface area contributed by atoms with Crippen LogP contribution >= 0.6 is 11.8 Å². The lowest BCUT2D eigenvalue weighted by molar-refractivity contribution is 0.555. The van der Waals surface area contributed by atoms with Crippen LogP contribution in [0.4, 0.5) is 0 Å². The quantitative estimate of drug-likeness (QED) is 0.835. The van der Waals surface area contributed by atoms with Crippen molar-refractivity contribution in [2.24, 2.45) is 5.73 Å². The molecule has 1 aromatic heterocycles. The molecule has 0 amide bonds. The van der Waals surface area contributed by atoms with E-state index in [1.54, 1.807) is 24.0 Å². The minimum Gasteiger partial charge on any atom is -0.346 e. The van der Waals surface area contributed by atoms with Crippen molar-refractivity contribution in [1.29, 1.82) is 0 Å². The Balaban J connectivity index is 1.81. The molecule has 2 aliphatic carbocycles. The van der Waals surface area contributed by atoms with Crippen molar-refractivity contribution in [1.82, 2.24) is 9.29 Å². The molecule has 2 atom stereocenters. The van der Waals surface area contributed by atoms with Gasteiger partial charge in [0.25, 0.3) is 0 Å². The SMILES string of the molecule is CSC1CCCC1NS(=O)(=O)c1cc(CN)n(C2CC2)c1. The number of nitrogens with zero attached hydrogens (tertiary/aromatic N) is 1. The van der Waals surface area contributed by atoms with Crippen molar-refractivity contribution in [2.45, 2.75) is 60.9 Å². The Morgan fingerprint density at radius 2 is 2.14 bits per heavy atom. The van der Waals surface area contributed by atoms with Crippen LogP contribution in [0.25, 0.3) is 0 Å². The summed E-state index contributed by atoms with van der Waals surface area (Å²) in [7, 11) is -3.44. The van der Waals surface area contributed by atoms with Crippen LogP contribution in [0.5, 0.6) is 0 Å². The second-order valence-electron chi connectivity index (χ2n) is 5.94. The van der Waals surface area contributed by atoms with Crippen LogP contribution in [0.3, 0.4) is 0 Å². The van der Waals surface area contributed by atoms with Gasteiger partial charge in [-0.2, -0.15) is 11.8 Å². The second-order valence-corrected chi connectivity index (χ2v) is 8.73. The molecule has 0 radical (unpaired) electrons. The number of nitrogens with two attached hydrogens (primary N) is 1. The van der Waals surface area contributed by atoms with Crippen LogP contribution in [0.15, 0.2) is 17.2 Å². The first-order valence-corrected chi connectivity index (χ1v) is 10.3. The van der Waals surface area contributed by atoms with E-state index in [0.717, 1.165) is 37.8 Å². The molecule has 0 aliphatic heterocycles. The zero-order valence-corrected chi connectivity index (χ0v) is 13.9. The van der Waals surface area contributed by atoms with Crippen molar-refractivity contribution in [3.05, 3.63) is 18.0 Å². The monoisotopic (exact) mass is 329 g/mol. The molecule has 2 saturated carbocycles. The Morgan fingerprint density at radius 3 is 2.76 bits per heavy atom. The average Bonchev–Trinajstić information content (AvgIpc) is 3.04. The van der Waals surface area contributed by atoms with Gasteiger partial charge in [-0.05, 0) is 38.0 Å². The predicted molar refractivity (Wildman–Crippen MR) is 85.9 cm³/mol. The molecule has 0 bridgehead atoms. The van der Waals surface area contributed by atoms with Gasteiger partial charge in [0.15, 0.2) is 0 Å². The molecule has 0 saturated heterocycles. The molecule has 21 heavy (non-hydrogen) atoms. The molecule has 2 unspecified atom stereocenters. The van der Waals surface area contributed by atoms with E-state index in [2.05, 4.69) is 4.72 Å². The van der Waals surface area contributed by atoms with Crippen LogP contribution in [-0.2, 0) is 16.6 Å². The molecular formula is C14H23N3O2S2. The molecular weight excluding hydrogens is 306 g/mol. The van der Waals surface area contributed by atoms with Crippen molar-refractivity contribution in [3.63, 3.8) is 0 Å². The maximum absolute atomic E-state index is 12.6. The fourth-order valence-electron chi connectivity index (χ4n) is 3.11. The minimum absolute atomic E-state index is 0.0515. The van der Waals surface area contributed by atoms with Gasteiger partial charge in [0.1, 0.15) is 0 Å². The highest BCUT2D eigenvalue weighted by atomic mass is 32.2. The number of rotatable bonds is 6. The van der Waals surface area contributed by atoms with Gasteiger partial charge in [0, 0.05) is 35.8 Å². The standard InChI is InChI=1S/C14H23N3O2S2/c1-20-14-4-2-3-13(14)16-21(18,19)12-7-11(8-15)17(9-12)10-5-6-10/h7,9-10,13-14,16H,2-6,8,15H2,1H3. The van der Waals surface area contributed by atoms with Gasteiger partial charge in [-0.3, -0.25) is 0 Å². The van der Waals surface area contributed by atoms with Crippen molar-refractivity contribution in [2.75, 3.05) is 6.26 Å². The number of thioether (sulfide) groups is 1. The first-order valence-electron chi connectivity index (χ1n) is 7.51. The largest absolute Gasteiger partial charge is 0.346 e. The zero-order valence-electron chi connectivity index (χ0n) is 12.3. The smallest absolute Gasteiger partial charge is 0.242 e. The number of hydrogen-bond donors (Lipinski definition) is 2. The fourth-order valence-corrected chi connectivity index (χ4v) is 5.49. The highest BCUT2D eigenvalue weighted by Gasteiger charge is 2.32. The third-order valence-corrected chi connectivity index (χ3v) is 7.06. The van der Waals surface area contributed by atoms with Crippen LogP contribution in [0, 0.1) is 0 Å². The highest BCUT2D eigenvalue weighted by molar-refractivity contribution is 7.99. The van der Waals surface area contributed by atoms with Gasteiger partial charge in [-0.1, -0.05) is 6.42 Å². The van der Waals surface area contributed by atoms with Crippen LogP contribution < -0.4 is 10.5 Å². The molecule has 5 nitrogen and oxygen atoms in total. The second kappa shape index (κ2) is 5.95. The van der Waals surface area contributed by atoms with Crippen LogP contribution in [-0.4, -0.2) is 30.5 Å². The fraction of sp³-hybridized carbons (Fsp3) is 0.714. The lowest BCUT2D eigenvalue weighted by Crippen LogP contribution is -2.38. The van der Waals surface area contributed by atoms with Crippen LogP contribution in [0.1, 0.15) is 43.8 Å². The number of aromatic nitrogens is 1. The Bertz CT molecular complexity index is 608. The van der Waals surface area contributed by atoms with E-state index in [9.17, 15) is 8.42 Å². The van der Waals surface area contributed by atoms with Gasteiger partial charge in [-0.25, -0.2) is 13.1 Å². The predicted octanol–water partition coefficient (Wildman–Crippen LogP) is 1.84. The molecule has 1 heterocycles. The Labute approximate surface area is 130 Å². The first kappa shape index (κ1) is 15.4. The summed E-state index contributed by atoms with van der Waals surface area (Å²) >= 11 is 1.75. The number of sulfonamides is 1. The van der Waals surface area contributed by atoms with E-state index in [-0.39, 0.29) is 6.04 Å². The Hall–Kier alpha value is -0.500. The van der Waals surface area contributed by atoms with Gasteiger partial charge in [0.2, 0.25) is 10.0 Å². The van der Waals surface area contributed by atoms with Crippen molar-refractivity contribution < 1.29 is 8.42 Å². The summed E-state index contributed by atoms with van der Waals surface area (Å²) < 4.78 is 30.1. The average molecular weight is 329 g/mol. The summed E-state index contributed by atoms with van der Waals surface area (Å²) in [4.78, 5) is 0.363. The maximum Gasteiger partial charge on any atom is 0.242 e. The molecule has 2 aliphatic rings. The van der Waals surface area contributed by atoms with E-state index in [0.29, 0.717) is 22.7 Å². The Morgan fingerprint density at radius 1 is 1.38 bits per heavy atom. The highest BCUT2D eigenvalue weighted by Crippen LogP contribution is 2.37. The zero-order chi connectivity index (χ0) is 15.0. The molecule has 7 heteroatoms. The Kier molecular flexibility index (Phi) is 4.36. The van der Waals surface area contributed by atoms with Gasteiger partial charge < -0.3 is 10.3 Å². The normalized spacial score (nSPS) is 26.4. The summed E-state index contributed by atoms with van der Waals surface area (Å²) in [5, 5.41) is 0.388. The molecule has 3 rings (SSSR count). The number of nitrogens with one attached hydrogen (secondary N) is 1. The van der Waals surface area contributed by atoms with Gasteiger partial charge in [0.05, 0.1) is 4.90 Å². The summed E-state index contributed by atoms with van der Waals surface area (Å²) in [6.45, 7) is 0.378. The lowest BCUT2D eigenvalue weighted by atomic mass is 10.3. The van der Waals surface area contributed by atoms with E-state index in [4.69, 9.17) is 5.73 Å². The van der Waals surface area contributed by atoms with Gasteiger partial charge >= 0.3 is 0 Å². The van der Waals surface area contributed by atoms with Crippen molar-refractivity contribution in [3.8, 4) is 0 Å². The summed E-state index contributed by atoms with van der Waals surface area (Å²) in [6.07, 6.45) is 9.15. The van der Waals surface area contributed by atoms with Gasteiger partial charge in [-0.15, -0.1) is 0 Å². The molecule has 1 aromatic rings. The van der Waals surface area contributed by atoms with E-state index in [1.165, 1.54) is 0 Å². The summed E-state index contributed by atoms with van der Waals surface area (Å²) in [5.41, 5.74) is 6.65. The van der Waals surface area contributed by atoms with E-state index >= 15 is 0 Å². The summed E-state index contributed by atoms with van der Waals surface area (Å²) in [6, 6.07) is 2.22. The molecule has 0 aromatic carbocycles. The topological polar surface area (TPSA) is 77.1 Å². The number of hydrogen-bond acceptors (Lipinski definition) is 4. The molecule has 3 N–H and O–H groups in total. The maximum atomic E-state index is 12.6. The molecule has 0 spiro atoms. The molecule has 118 valence electrons. The van der Waals surface area contributed by atoms with E-state index < -0.39 is 10.0 Å². The van der Waals surface area contributed by atoms with E-state index in [1.807, 2.05) is 10.8 Å². The summed E-state index contributed by atoms with van der Waals surface area (Å²) in [5.74, 6) is 0. The molecule has 2 fully saturated rings. The third kappa shape index (κ3) is 3.16.